The summed E-state index contributed by atoms with van der Waals surface area (Å²) in [7, 11) is 2.93. The lowest BCUT2D eigenvalue weighted by molar-refractivity contribution is -0.0649. The van der Waals surface area contributed by atoms with E-state index in [1.54, 1.807) is 0 Å². The molecule has 0 bridgehead atoms. The van der Waals surface area contributed by atoms with Gasteiger partial charge in [0.05, 0.1) is 12.2 Å². The lowest BCUT2D eigenvalue weighted by Crippen LogP contribution is -2.39. The summed E-state index contributed by atoms with van der Waals surface area (Å²) in [5.74, 6) is 0.548. The van der Waals surface area contributed by atoms with Crippen molar-refractivity contribution in [1.82, 2.24) is 0 Å². The van der Waals surface area contributed by atoms with E-state index < -0.39 is 13.4 Å². The van der Waals surface area contributed by atoms with Crippen LogP contribution in [0.25, 0.3) is 0 Å². The van der Waals surface area contributed by atoms with Crippen LogP contribution in [0.5, 0.6) is 0 Å². The van der Waals surface area contributed by atoms with E-state index in [9.17, 15) is 9.46 Å². The molecule has 17 heavy (non-hydrogen) atoms. The van der Waals surface area contributed by atoms with Crippen molar-refractivity contribution in [2.45, 2.75) is 38.8 Å². The fourth-order valence-corrected chi connectivity index (χ4v) is 2.89. The molecule has 2 radical (unpaired) electrons. The summed E-state index contributed by atoms with van der Waals surface area (Å²) < 4.78 is 26.2. The molecule has 7 heteroatoms. The second kappa shape index (κ2) is 5.41. The summed E-state index contributed by atoms with van der Waals surface area (Å²) in [6.45, 7) is 5.98. The molecule has 0 saturated carbocycles. The standard InChI is InChI=1S/C10H20BO5P/c1-7(2)8-5-9(11)16-10(8,3)6-15-17(12,13)14-4/h7-9H,5-6H2,1-4H3,(H,12,13)/t8?,9-,10?/m1/s1. The third-order valence-corrected chi connectivity index (χ3v) is 4.16. The lowest BCUT2D eigenvalue weighted by Gasteiger charge is -2.33. The molecular formula is C10H20BO5P. The number of hydrogen-bond donors (Lipinski definition) is 1. The van der Waals surface area contributed by atoms with Gasteiger partial charge in [-0.2, -0.15) is 0 Å². The number of hydrogen-bond acceptors (Lipinski definition) is 4. The van der Waals surface area contributed by atoms with Crippen LogP contribution in [0.4, 0.5) is 0 Å². The highest BCUT2D eigenvalue weighted by molar-refractivity contribution is 7.47. The van der Waals surface area contributed by atoms with Gasteiger partial charge in [-0.05, 0) is 25.2 Å². The Morgan fingerprint density at radius 1 is 1.65 bits per heavy atom. The molecule has 0 aromatic heterocycles. The maximum absolute atomic E-state index is 11.3. The van der Waals surface area contributed by atoms with E-state index >= 15 is 0 Å². The Bertz CT molecular complexity index is 311. The van der Waals surface area contributed by atoms with Gasteiger partial charge in [-0.1, -0.05) is 13.8 Å². The number of phosphoric acid groups is 1. The van der Waals surface area contributed by atoms with Gasteiger partial charge < -0.3 is 9.63 Å². The van der Waals surface area contributed by atoms with Crippen molar-refractivity contribution in [3.05, 3.63) is 0 Å². The van der Waals surface area contributed by atoms with Gasteiger partial charge in [0.25, 0.3) is 0 Å². The van der Waals surface area contributed by atoms with Crippen LogP contribution >= 0.6 is 7.82 Å². The van der Waals surface area contributed by atoms with E-state index in [-0.39, 0.29) is 18.5 Å². The maximum Gasteiger partial charge on any atom is 0.472 e. The highest BCUT2D eigenvalue weighted by Gasteiger charge is 2.46. The average Bonchev–Trinajstić information content (AvgIpc) is 2.53. The van der Waals surface area contributed by atoms with Crippen molar-refractivity contribution >= 4 is 15.7 Å². The topological polar surface area (TPSA) is 65.0 Å². The summed E-state index contributed by atoms with van der Waals surface area (Å²) >= 11 is 0. The molecule has 1 heterocycles. The van der Waals surface area contributed by atoms with Crippen molar-refractivity contribution in [3.63, 3.8) is 0 Å². The van der Waals surface area contributed by atoms with E-state index in [4.69, 9.17) is 17.1 Å². The van der Waals surface area contributed by atoms with Crippen molar-refractivity contribution in [2.75, 3.05) is 13.7 Å². The molecular weight excluding hydrogens is 242 g/mol. The van der Waals surface area contributed by atoms with E-state index in [2.05, 4.69) is 18.4 Å². The molecule has 1 fully saturated rings. The Balaban J connectivity index is 2.69. The zero-order valence-corrected chi connectivity index (χ0v) is 11.6. The zero-order valence-electron chi connectivity index (χ0n) is 10.8. The Morgan fingerprint density at radius 3 is 2.71 bits per heavy atom. The summed E-state index contributed by atoms with van der Waals surface area (Å²) in [5, 5.41) is 0. The van der Waals surface area contributed by atoms with E-state index in [1.165, 1.54) is 0 Å². The lowest BCUT2D eigenvalue weighted by atomic mass is 9.78. The van der Waals surface area contributed by atoms with Gasteiger partial charge in [-0.3, -0.25) is 9.05 Å². The summed E-state index contributed by atoms with van der Waals surface area (Å²) in [6.07, 6.45) is 0.722. The molecule has 0 aromatic carbocycles. The quantitative estimate of drug-likeness (QED) is 0.603. The second-order valence-corrected chi connectivity index (χ2v) is 6.54. The predicted molar refractivity (Wildman–Crippen MR) is 64.8 cm³/mol. The number of rotatable bonds is 5. The minimum atomic E-state index is -3.97. The molecule has 1 aliphatic heterocycles. The average molecular weight is 262 g/mol. The molecule has 5 nitrogen and oxygen atoms in total. The maximum atomic E-state index is 11.3. The molecule has 0 aliphatic carbocycles. The number of phosphoric ester groups is 1. The van der Waals surface area contributed by atoms with Crippen molar-refractivity contribution in [3.8, 4) is 0 Å². The zero-order chi connectivity index (χ0) is 13.3. The summed E-state index contributed by atoms with van der Waals surface area (Å²) in [6, 6.07) is -0.350. The van der Waals surface area contributed by atoms with Gasteiger partial charge in [0.2, 0.25) is 0 Å². The third-order valence-electron chi connectivity index (χ3n) is 3.24. The van der Waals surface area contributed by atoms with Crippen LogP contribution < -0.4 is 0 Å². The molecule has 1 rings (SSSR count). The second-order valence-electron chi connectivity index (χ2n) is 4.98. The first-order valence-electron chi connectivity index (χ1n) is 5.66. The van der Waals surface area contributed by atoms with Gasteiger partial charge in [-0.25, -0.2) is 4.57 Å². The predicted octanol–water partition coefficient (Wildman–Crippen LogP) is 1.70. The van der Waals surface area contributed by atoms with Gasteiger partial charge in [0.15, 0.2) is 0 Å². The van der Waals surface area contributed by atoms with E-state index in [0.717, 1.165) is 13.5 Å². The van der Waals surface area contributed by atoms with Crippen LogP contribution in [-0.2, 0) is 18.3 Å². The van der Waals surface area contributed by atoms with Gasteiger partial charge in [-0.15, -0.1) is 0 Å². The van der Waals surface area contributed by atoms with Crippen molar-refractivity contribution in [1.29, 1.82) is 0 Å². The van der Waals surface area contributed by atoms with Gasteiger partial charge in [0.1, 0.15) is 7.85 Å². The highest BCUT2D eigenvalue weighted by atomic mass is 31.2. The van der Waals surface area contributed by atoms with Crippen LogP contribution in [0.1, 0.15) is 27.2 Å². The molecule has 1 N–H and O–H groups in total. The van der Waals surface area contributed by atoms with Crippen LogP contribution in [0.15, 0.2) is 0 Å². The Labute approximate surface area is 104 Å². The van der Waals surface area contributed by atoms with Gasteiger partial charge in [0, 0.05) is 13.1 Å². The van der Waals surface area contributed by atoms with Crippen LogP contribution in [-0.4, -0.2) is 38.1 Å². The third kappa shape index (κ3) is 3.80. The Kier molecular flexibility index (Phi) is 4.84. The Hall–Kier alpha value is 0.135. The molecule has 0 aromatic rings. The van der Waals surface area contributed by atoms with Crippen LogP contribution in [0.3, 0.4) is 0 Å². The molecule has 1 saturated heterocycles. The first-order valence-corrected chi connectivity index (χ1v) is 7.16. The van der Waals surface area contributed by atoms with Crippen LogP contribution in [0, 0.1) is 11.8 Å². The molecule has 0 amide bonds. The Morgan fingerprint density at radius 2 is 2.24 bits per heavy atom. The van der Waals surface area contributed by atoms with Crippen molar-refractivity contribution < 1.29 is 23.2 Å². The monoisotopic (exact) mass is 262 g/mol. The number of ether oxygens (including phenoxy) is 1. The van der Waals surface area contributed by atoms with E-state index in [1.807, 2.05) is 6.92 Å². The normalized spacial score (nSPS) is 37.3. The largest absolute Gasteiger partial charge is 0.472 e. The molecule has 98 valence electrons. The summed E-state index contributed by atoms with van der Waals surface area (Å²) in [4.78, 5) is 9.21. The smallest absolute Gasteiger partial charge is 0.379 e. The van der Waals surface area contributed by atoms with Crippen LogP contribution in [0.2, 0.25) is 0 Å². The fraction of sp³-hybridized carbons (Fsp3) is 1.00. The first kappa shape index (κ1) is 15.2. The van der Waals surface area contributed by atoms with E-state index in [0.29, 0.717) is 5.92 Å². The summed E-state index contributed by atoms with van der Waals surface area (Å²) in [5.41, 5.74) is -0.648. The SMILES string of the molecule is [B][C@H]1CC(C(C)C)C(C)(COP(=O)(O)OC)O1. The van der Waals surface area contributed by atoms with Gasteiger partial charge >= 0.3 is 7.82 Å². The molecule has 0 spiro atoms. The fourth-order valence-electron chi connectivity index (χ4n) is 2.36. The minimum Gasteiger partial charge on any atom is -0.379 e. The molecule has 3 unspecified atom stereocenters. The minimum absolute atomic E-state index is 0.00877. The first-order chi connectivity index (χ1) is 7.70. The molecule has 1 aliphatic rings. The van der Waals surface area contributed by atoms with Crippen molar-refractivity contribution in [2.24, 2.45) is 11.8 Å². The highest BCUT2D eigenvalue weighted by Crippen LogP contribution is 2.46. The molecule has 4 atom stereocenters.